The summed E-state index contributed by atoms with van der Waals surface area (Å²) in [7, 11) is 0. The van der Waals surface area contributed by atoms with Crippen LogP contribution < -0.4 is 9.47 Å². The molecule has 0 amide bonds. The van der Waals surface area contributed by atoms with Crippen molar-refractivity contribution < 1.29 is 9.47 Å². The van der Waals surface area contributed by atoms with Crippen LogP contribution >= 0.6 is 15.9 Å². The Bertz CT molecular complexity index is 582. The molecule has 20 heavy (non-hydrogen) atoms. The lowest BCUT2D eigenvalue weighted by molar-refractivity contribution is 0.201. The second-order valence-corrected chi connectivity index (χ2v) is 5.81. The summed E-state index contributed by atoms with van der Waals surface area (Å²) < 4.78 is 12.8. The minimum Gasteiger partial charge on any atom is -0.485 e. The highest BCUT2D eigenvalue weighted by molar-refractivity contribution is 9.10. The van der Waals surface area contributed by atoms with Crippen LogP contribution in [-0.4, -0.2) is 11.1 Å². The van der Waals surface area contributed by atoms with Gasteiger partial charge in [0.05, 0.1) is 6.10 Å². The van der Waals surface area contributed by atoms with Crippen LogP contribution in [0.1, 0.15) is 25.7 Å². The maximum atomic E-state index is 6.01. The molecule has 1 fully saturated rings. The number of aromatic nitrogens is 1. The molecule has 1 heterocycles. The summed E-state index contributed by atoms with van der Waals surface area (Å²) in [6.45, 7) is 0. The van der Waals surface area contributed by atoms with Crippen LogP contribution in [0, 0.1) is 0 Å². The molecule has 104 valence electrons. The van der Waals surface area contributed by atoms with Crippen molar-refractivity contribution in [2.45, 2.75) is 31.8 Å². The Morgan fingerprint density at radius 3 is 2.75 bits per heavy atom. The molecule has 0 saturated heterocycles. The van der Waals surface area contributed by atoms with E-state index in [9.17, 15) is 0 Å². The highest BCUT2D eigenvalue weighted by atomic mass is 79.9. The molecule has 1 aliphatic rings. The third-order valence-electron chi connectivity index (χ3n) is 3.34. The predicted molar refractivity (Wildman–Crippen MR) is 81.3 cm³/mol. The van der Waals surface area contributed by atoms with Crippen molar-refractivity contribution in [1.82, 2.24) is 4.98 Å². The van der Waals surface area contributed by atoms with Gasteiger partial charge >= 0.3 is 0 Å². The molecule has 1 saturated carbocycles. The van der Waals surface area contributed by atoms with E-state index in [1.807, 2.05) is 36.4 Å². The monoisotopic (exact) mass is 333 g/mol. The number of hydrogen-bond donors (Lipinski definition) is 0. The number of hydrogen-bond acceptors (Lipinski definition) is 3. The summed E-state index contributed by atoms with van der Waals surface area (Å²) in [4.78, 5) is 4.28. The first-order chi connectivity index (χ1) is 9.81. The van der Waals surface area contributed by atoms with E-state index in [0.717, 1.165) is 28.8 Å². The molecule has 1 aromatic heterocycles. The fourth-order valence-electron chi connectivity index (χ4n) is 2.37. The largest absolute Gasteiger partial charge is 0.485 e. The molecule has 3 rings (SSSR count). The van der Waals surface area contributed by atoms with Crippen molar-refractivity contribution in [3.05, 3.63) is 47.1 Å². The zero-order chi connectivity index (χ0) is 13.8. The minimum atomic E-state index is 0.295. The van der Waals surface area contributed by atoms with Crippen molar-refractivity contribution in [3.8, 4) is 17.4 Å². The van der Waals surface area contributed by atoms with Gasteiger partial charge in [-0.25, -0.2) is 4.98 Å². The molecular weight excluding hydrogens is 318 g/mol. The first-order valence-corrected chi connectivity index (χ1v) is 7.66. The first-order valence-electron chi connectivity index (χ1n) is 6.86. The van der Waals surface area contributed by atoms with Gasteiger partial charge in [-0.15, -0.1) is 0 Å². The normalized spacial score (nSPS) is 15.2. The zero-order valence-electron chi connectivity index (χ0n) is 11.1. The fraction of sp³-hybridized carbons (Fsp3) is 0.312. The Labute approximate surface area is 127 Å². The van der Waals surface area contributed by atoms with Crippen LogP contribution in [0.2, 0.25) is 0 Å². The molecule has 4 heteroatoms. The highest BCUT2D eigenvalue weighted by Crippen LogP contribution is 2.33. The quantitative estimate of drug-likeness (QED) is 0.792. The molecule has 1 aromatic carbocycles. The van der Waals surface area contributed by atoms with Gasteiger partial charge in [-0.05, 0) is 56.0 Å². The lowest BCUT2D eigenvalue weighted by Gasteiger charge is -2.15. The van der Waals surface area contributed by atoms with Crippen molar-refractivity contribution in [3.63, 3.8) is 0 Å². The van der Waals surface area contributed by atoms with Gasteiger partial charge in [0, 0.05) is 10.7 Å². The second kappa shape index (κ2) is 6.27. The Balaban J connectivity index is 1.78. The summed E-state index contributed by atoms with van der Waals surface area (Å²) in [5, 5.41) is 0. The Hall–Kier alpha value is -1.55. The fourth-order valence-corrected chi connectivity index (χ4v) is 2.75. The predicted octanol–water partition coefficient (Wildman–Crippen LogP) is 4.96. The third kappa shape index (κ3) is 3.31. The van der Waals surface area contributed by atoms with Crippen molar-refractivity contribution in [2.24, 2.45) is 0 Å². The zero-order valence-corrected chi connectivity index (χ0v) is 12.7. The molecule has 0 unspecified atom stereocenters. The van der Waals surface area contributed by atoms with E-state index >= 15 is 0 Å². The van der Waals surface area contributed by atoms with Crippen LogP contribution in [0.3, 0.4) is 0 Å². The van der Waals surface area contributed by atoms with Gasteiger partial charge in [-0.1, -0.05) is 22.0 Å². The number of nitrogens with zero attached hydrogens (tertiary/aromatic N) is 1. The molecule has 3 nitrogen and oxygen atoms in total. The lowest BCUT2D eigenvalue weighted by Crippen LogP contribution is -2.11. The van der Waals surface area contributed by atoms with Crippen LogP contribution in [0.15, 0.2) is 47.1 Å². The van der Waals surface area contributed by atoms with Gasteiger partial charge < -0.3 is 9.47 Å². The summed E-state index contributed by atoms with van der Waals surface area (Å²) in [5.74, 6) is 1.99. The highest BCUT2D eigenvalue weighted by Gasteiger charge is 2.19. The lowest BCUT2D eigenvalue weighted by atomic mass is 10.3. The summed E-state index contributed by atoms with van der Waals surface area (Å²) in [6, 6.07) is 11.5. The standard InChI is InChI=1S/C16H16BrNO2/c17-12-5-3-8-14(11-12)20-16-15(9-4-10-18-16)19-13-6-1-2-7-13/h3-5,8-11,13H,1-2,6-7H2. The summed E-state index contributed by atoms with van der Waals surface area (Å²) in [5.41, 5.74) is 0. The van der Waals surface area contributed by atoms with Gasteiger partial charge in [0.25, 0.3) is 5.88 Å². The Morgan fingerprint density at radius 2 is 1.95 bits per heavy atom. The third-order valence-corrected chi connectivity index (χ3v) is 3.84. The molecule has 2 aromatic rings. The van der Waals surface area contributed by atoms with E-state index in [1.54, 1.807) is 6.20 Å². The van der Waals surface area contributed by atoms with Crippen molar-refractivity contribution >= 4 is 15.9 Å². The van der Waals surface area contributed by atoms with Gasteiger partial charge in [0.2, 0.25) is 0 Å². The van der Waals surface area contributed by atoms with Crippen LogP contribution in [0.4, 0.5) is 0 Å². The van der Waals surface area contributed by atoms with E-state index in [4.69, 9.17) is 9.47 Å². The molecule has 0 N–H and O–H groups in total. The van der Waals surface area contributed by atoms with Gasteiger partial charge in [0.15, 0.2) is 5.75 Å². The van der Waals surface area contributed by atoms with Crippen LogP contribution in [0.25, 0.3) is 0 Å². The maximum absolute atomic E-state index is 6.01. The van der Waals surface area contributed by atoms with E-state index in [2.05, 4.69) is 20.9 Å². The van der Waals surface area contributed by atoms with E-state index in [0.29, 0.717) is 12.0 Å². The van der Waals surface area contributed by atoms with E-state index in [-0.39, 0.29) is 0 Å². The Kier molecular flexibility index (Phi) is 4.21. The number of ether oxygens (including phenoxy) is 2. The molecule has 0 bridgehead atoms. The van der Waals surface area contributed by atoms with Crippen LogP contribution in [-0.2, 0) is 0 Å². The topological polar surface area (TPSA) is 31.4 Å². The minimum absolute atomic E-state index is 0.295. The van der Waals surface area contributed by atoms with Crippen LogP contribution in [0.5, 0.6) is 17.4 Å². The number of benzene rings is 1. The molecule has 0 aliphatic heterocycles. The van der Waals surface area contributed by atoms with Gasteiger partial charge in [0.1, 0.15) is 5.75 Å². The number of halogens is 1. The second-order valence-electron chi connectivity index (χ2n) is 4.89. The van der Waals surface area contributed by atoms with Gasteiger partial charge in [-0.2, -0.15) is 0 Å². The van der Waals surface area contributed by atoms with E-state index < -0.39 is 0 Å². The first kappa shape index (κ1) is 13.4. The average Bonchev–Trinajstić information content (AvgIpc) is 2.94. The molecule has 0 atom stereocenters. The average molecular weight is 334 g/mol. The smallest absolute Gasteiger partial charge is 0.262 e. The van der Waals surface area contributed by atoms with Gasteiger partial charge in [-0.3, -0.25) is 0 Å². The summed E-state index contributed by atoms with van der Waals surface area (Å²) >= 11 is 3.43. The maximum Gasteiger partial charge on any atom is 0.262 e. The SMILES string of the molecule is Brc1cccc(Oc2ncccc2OC2CCCC2)c1. The summed E-state index contributed by atoms with van der Waals surface area (Å²) in [6.07, 6.45) is 6.73. The van der Waals surface area contributed by atoms with Crippen molar-refractivity contribution in [1.29, 1.82) is 0 Å². The molecule has 1 aliphatic carbocycles. The molecule has 0 radical (unpaired) electrons. The molecule has 0 spiro atoms. The number of pyridine rings is 1. The van der Waals surface area contributed by atoms with E-state index in [1.165, 1.54) is 12.8 Å². The number of rotatable bonds is 4. The molecular formula is C16H16BrNO2. The Morgan fingerprint density at radius 1 is 1.10 bits per heavy atom. The van der Waals surface area contributed by atoms with Crippen molar-refractivity contribution in [2.75, 3.05) is 0 Å².